The minimum absolute atomic E-state index is 0.189. The number of fused-ring (bicyclic) bond motifs is 1. The van der Waals surface area contributed by atoms with Gasteiger partial charge in [0.25, 0.3) is 0 Å². The number of hydrogen-bond acceptors (Lipinski definition) is 5. The number of pyridine rings is 1. The van der Waals surface area contributed by atoms with Crippen molar-refractivity contribution in [3.8, 4) is 6.07 Å². The lowest BCUT2D eigenvalue weighted by Gasteiger charge is -2.24. The normalized spacial score (nSPS) is 17.3. The van der Waals surface area contributed by atoms with E-state index in [1.165, 1.54) is 0 Å². The number of nitrogens with zero attached hydrogens (tertiary/aromatic N) is 3. The van der Waals surface area contributed by atoms with Gasteiger partial charge in [0.2, 0.25) is 0 Å². The van der Waals surface area contributed by atoms with Crippen molar-refractivity contribution in [1.82, 2.24) is 15.2 Å². The van der Waals surface area contributed by atoms with Crippen LogP contribution in [0.4, 0.5) is 4.79 Å². The molecule has 1 aliphatic heterocycles. The van der Waals surface area contributed by atoms with Gasteiger partial charge in [-0.15, -0.1) is 0 Å². The number of nitriles is 1. The molecule has 1 aliphatic rings. The second kappa shape index (κ2) is 7.30. The first kappa shape index (κ1) is 18.2. The molecule has 0 aliphatic carbocycles. The van der Waals surface area contributed by atoms with Gasteiger partial charge < -0.3 is 15.0 Å². The highest BCUT2D eigenvalue weighted by molar-refractivity contribution is 5.85. The van der Waals surface area contributed by atoms with E-state index in [0.717, 1.165) is 22.9 Å². The SMILES string of the molecule is CC(C)(C)OC(=O)N1CC[C@H](NCc2nc(C#N)cc3ccccc23)C1. The maximum Gasteiger partial charge on any atom is 0.410 e. The monoisotopic (exact) mass is 352 g/mol. The average molecular weight is 352 g/mol. The molecule has 1 saturated heterocycles. The van der Waals surface area contributed by atoms with Crippen molar-refractivity contribution in [1.29, 1.82) is 5.26 Å². The number of carbonyl (C=O) groups is 1. The van der Waals surface area contributed by atoms with Crippen LogP contribution in [0.2, 0.25) is 0 Å². The zero-order valence-corrected chi connectivity index (χ0v) is 15.5. The fourth-order valence-corrected chi connectivity index (χ4v) is 3.12. The first-order valence-corrected chi connectivity index (χ1v) is 8.86. The molecule has 26 heavy (non-hydrogen) atoms. The van der Waals surface area contributed by atoms with Crippen LogP contribution < -0.4 is 5.32 Å². The molecular formula is C20H24N4O2. The van der Waals surface area contributed by atoms with E-state index in [1.807, 2.05) is 45.0 Å². The van der Waals surface area contributed by atoms with E-state index < -0.39 is 5.60 Å². The van der Waals surface area contributed by atoms with Crippen molar-refractivity contribution in [2.45, 2.75) is 45.4 Å². The summed E-state index contributed by atoms with van der Waals surface area (Å²) < 4.78 is 5.43. The van der Waals surface area contributed by atoms with E-state index in [0.29, 0.717) is 25.3 Å². The lowest BCUT2D eigenvalue weighted by Crippen LogP contribution is -2.38. The zero-order valence-electron chi connectivity index (χ0n) is 15.5. The molecule has 0 unspecified atom stereocenters. The Labute approximate surface area is 153 Å². The molecule has 2 aromatic rings. The van der Waals surface area contributed by atoms with Crippen molar-refractivity contribution >= 4 is 16.9 Å². The van der Waals surface area contributed by atoms with Gasteiger partial charge in [0.15, 0.2) is 0 Å². The van der Waals surface area contributed by atoms with Gasteiger partial charge in [-0.1, -0.05) is 24.3 Å². The number of likely N-dealkylation sites (tertiary alicyclic amines) is 1. The van der Waals surface area contributed by atoms with Crippen molar-refractivity contribution in [3.05, 3.63) is 41.7 Å². The van der Waals surface area contributed by atoms with Crippen LogP contribution in [0.25, 0.3) is 10.8 Å². The van der Waals surface area contributed by atoms with E-state index in [1.54, 1.807) is 11.0 Å². The Morgan fingerprint density at radius 1 is 1.42 bits per heavy atom. The molecule has 1 aromatic heterocycles. The Hall–Kier alpha value is -2.65. The third-order valence-corrected chi connectivity index (χ3v) is 4.33. The van der Waals surface area contributed by atoms with Crippen molar-refractivity contribution in [2.75, 3.05) is 13.1 Å². The number of rotatable bonds is 3. The van der Waals surface area contributed by atoms with Gasteiger partial charge in [0, 0.05) is 31.1 Å². The molecule has 1 atom stereocenters. The summed E-state index contributed by atoms with van der Waals surface area (Å²) in [5.41, 5.74) is 0.793. The standard InChI is InChI=1S/C20H24N4O2/c1-20(2,3)26-19(25)24-9-8-15(13-24)22-12-18-17-7-5-4-6-14(17)10-16(11-21)23-18/h4-7,10,15,22H,8-9,12-13H2,1-3H3/t15-/m0/s1. The molecule has 136 valence electrons. The molecule has 3 rings (SSSR count). The van der Waals surface area contributed by atoms with Crippen LogP contribution in [0.5, 0.6) is 0 Å². The summed E-state index contributed by atoms with van der Waals surface area (Å²) in [5.74, 6) is 0. The highest BCUT2D eigenvalue weighted by atomic mass is 16.6. The fraction of sp³-hybridized carbons (Fsp3) is 0.450. The average Bonchev–Trinajstić information content (AvgIpc) is 3.07. The number of benzene rings is 1. The number of aromatic nitrogens is 1. The van der Waals surface area contributed by atoms with Crippen molar-refractivity contribution in [3.63, 3.8) is 0 Å². The van der Waals surface area contributed by atoms with Gasteiger partial charge in [-0.25, -0.2) is 9.78 Å². The fourth-order valence-electron chi connectivity index (χ4n) is 3.12. The quantitative estimate of drug-likeness (QED) is 0.918. The van der Waals surface area contributed by atoms with Crippen LogP contribution in [-0.2, 0) is 11.3 Å². The second-order valence-corrected chi connectivity index (χ2v) is 7.58. The van der Waals surface area contributed by atoms with E-state index in [4.69, 9.17) is 4.74 Å². The number of nitrogens with one attached hydrogen (secondary N) is 1. The molecule has 2 heterocycles. The van der Waals surface area contributed by atoms with Crippen LogP contribution >= 0.6 is 0 Å². The number of amides is 1. The highest BCUT2D eigenvalue weighted by Crippen LogP contribution is 2.20. The van der Waals surface area contributed by atoms with Crippen molar-refractivity contribution in [2.24, 2.45) is 0 Å². The zero-order chi connectivity index (χ0) is 18.7. The molecule has 1 amide bonds. The molecule has 1 fully saturated rings. The van der Waals surface area contributed by atoms with Crippen LogP contribution in [0, 0.1) is 11.3 Å². The predicted molar refractivity (Wildman–Crippen MR) is 99.5 cm³/mol. The summed E-state index contributed by atoms with van der Waals surface area (Å²) in [6.07, 6.45) is 0.603. The molecule has 1 N–H and O–H groups in total. The Balaban J connectivity index is 1.65. The Bertz CT molecular complexity index is 851. The summed E-state index contributed by atoms with van der Waals surface area (Å²) >= 11 is 0. The molecule has 0 saturated carbocycles. The molecular weight excluding hydrogens is 328 g/mol. The maximum atomic E-state index is 12.2. The molecule has 1 aromatic carbocycles. The van der Waals surface area contributed by atoms with E-state index in [2.05, 4.69) is 16.4 Å². The number of hydrogen-bond donors (Lipinski definition) is 1. The smallest absolute Gasteiger partial charge is 0.410 e. The molecule has 0 bridgehead atoms. The summed E-state index contributed by atoms with van der Waals surface area (Å²) in [6.45, 7) is 7.47. The minimum Gasteiger partial charge on any atom is -0.444 e. The topological polar surface area (TPSA) is 78.2 Å². The lowest BCUT2D eigenvalue weighted by molar-refractivity contribution is 0.0291. The molecule has 0 spiro atoms. The minimum atomic E-state index is -0.483. The van der Waals surface area contributed by atoms with Crippen LogP contribution in [0.1, 0.15) is 38.6 Å². The highest BCUT2D eigenvalue weighted by Gasteiger charge is 2.29. The van der Waals surface area contributed by atoms with Gasteiger partial charge in [-0.05, 0) is 38.6 Å². The first-order valence-electron chi connectivity index (χ1n) is 8.86. The maximum absolute atomic E-state index is 12.2. The third-order valence-electron chi connectivity index (χ3n) is 4.33. The Morgan fingerprint density at radius 2 is 2.19 bits per heavy atom. The summed E-state index contributed by atoms with van der Waals surface area (Å²) in [6, 6.07) is 12.0. The Kier molecular flexibility index (Phi) is 5.10. The molecule has 0 radical (unpaired) electrons. The number of carbonyl (C=O) groups excluding carboxylic acids is 1. The Morgan fingerprint density at radius 3 is 2.92 bits per heavy atom. The van der Waals surface area contributed by atoms with Gasteiger partial charge in [0.1, 0.15) is 17.4 Å². The predicted octanol–water partition coefficient (Wildman–Crippen LogP) is 3.21. The van der Waals surface area contributed by atoms with Gasteiger partial charge in [0.05, 0.1) is 5.69 Å². The van der Waals surface area contributed by atoms with Gasteiger partial charge in [-0.3, -0.25) is 0 Å². The number of ether oxygens (including phenoxy) is 1. The van der Waals surface area contributed by atoms with E-state index in [9.17, 15) is 10.1 Å². The van der Waals surface area contributed by atoms with Gasteiger partial charge >= 0.3 is 6.09 Å². The first-order chi connectivity index (χ1) is 12.4. The van der Waals surface area contributed by atoms with Crippen molar-refractivity contribution < 1.29 is 9.53 Å². The molecule has 6 nitrogen and oxygen atoms in total. The van der Waals surface area contributed by atoms with Crippen LogP contribution in [-0.4, -0.2) is 40.7 Å². The van der Waals surface area contributed by atoms with Crippen LogP contribution in [0.15, 0.2) is 30.3 Å². The summed E-state index contributed by atoms with van der Waals surface area (Å²) in [7, 11) is 0. The van der Waals surface area contributed by atoms with E-state index in [-0.39, 0.29) is 12.1 Å². The summed E-state index contributed by atoms with van der Waals surface area (Å²) in [4.78, 5) is 18.4. The largest absolute Gasteiger partial charge is 0.444 e. The van der Waals surface area contributed by atoms with Crippen LogP contribution in [0.3, 0.4) is 0 Å². The second-order valence-electron chi connectivity index (χ2n) is 7.58. The summed E-state index contributed by atoms with van der Waals surface area (Å²) in [5, 5.41) is 14.7. The van der Waals surface area contributed by atoms with Gasteiger partial charge in [-0.2, -0.15) is 5.26 Å². The molecule has 6 heteroatoms. The van der Waals surface area contributed by atoms with E-state index >= 15 is 0 Å². The third kappa shape index (κ3) is 4.30. The lowest BCUT2D eigenvalue weighted by atomic mass is 10.1.